The Morgan fingerprint density at radius 3 is 2.50 bits per heavy atom. The van der Waals surface area contributed by atoms with Crippen molar-refractivity contribution in [2.75, 3.05) is 0 Å². The van der Waals surface area contributed by atoms with Crippen LogP contribution in [-0.4, -0.2) is 19.5 Å². The first-order valence-corrected chi connectivity index (χ1v) is 9.37. The van der Waals surface area contributed by atoms with Crippen LogP contribution in [0.15, 0.2) is 22.6 Å². The maximum atomic E-state index is 11.9. The van der Waals surface area contributed by atoms with E-state index in [0.29, 0.717) is 6.42 Å². The van der Waals surface area contributed by atoms with Gasteiger partial charge < -0.3 is 4.74 Å². The first kappa shape index (κ1) is 11.6. The van der Waals surface area contributed by atoms with Crippen LogP contribution in [0, 0.1) is 0 Å². The van der Waals surface area contributed by atoms with Gasteiger partial charge in [0.1, 0.15) is 13.7 Å². The van der Waals surface area contributed by atoms with Gasteiger partial charge in [-0.25, -0.2) is 0 Å². The summed E-state index contributed by atoms with van der Waals surface area (Å²) in [4.78, 5) is 11.9. The third-order valence-electron chi connectivity index (χ3n) is 3.04. The second-order valence-corrected chi connectivity index (χ2v) is 11.3. The minimum atomic E-state index is -1.58. The summed E-state index contributed by atoms with van der Waals surface area (Å²) in [5.41, 5.74) is 1.98. The topological polar surface area (TPSA) is 26.3 Å². The summed E-state index contributed by atoms with van der Waals surface area (Å²) < 4.78 is 6.10. The Morgan fingerprint density at radius 2 is 1.94 bits per heavy atom. The molecule has 2 rings (SSSR count). The van der Waals surface area contributed by atoms with Crippen LogP contribution in [0.1, 0.15) is 26.7 Å². The van der Waals surface area contributed by atoms with E-state index in [4.69, 9.17) is 4.74 Å². The molecule has 16 heavy (non-hydrogen) atoms. The molecular formula is C13H20O2Si. The molecule has 0 saturated carbocycles. The Morgan fingerprint density at radius 1 is 1.31 bits per heavy atom. The molecule has 0 fully saturated rings. The molecular weight excluding hydrogens is 216 g/mol. The molecule has 0 amide bonds. The Bertz CT molecular complexity index is 408. The van der Waals surface area contributed by atoms with E-state index in [-0.39, 0.29) is 11.4 Å². The lowest BCUT2D eigenvalue weighted by atomic mass is 9.93. The van der Waals surface area contributed by atoms with Crippen molar-refractivity contribution in [1.82, 2.24) is 0 Å². The highest BCUT2D eigenvalue weighted by Crippen LogP contribution is 2.42. The summed E-state index contributed by atoms with van der Waals surface area (Å²) in [6, 6.07) is 0. The Kier molecular flexibility index (Phi) is 2.42. The Labute approximate surface area is 98.4 Å². The summed E-state index contributed by atoms with van der Waals surface area (Å²) in [5, 5.41) is 1.01. The molecule has 2 aliphatic rings. The molecule has 0 aromatic rings. The van der Waals surface area contributed by atoms with Gasteiger partial charge >= 0.3 is 0 Å². The third-order valence-corrected chi connectivity index (χ3v) is 4.75. The van der Waals surface area contributed by atoms with Crippen molar-refractivity contribution in [2.45, 2.75) is 51.9 Å². The highest BCUT2D eigenvalue weighted by molar-refractivity contribution is 6.83. The normalized spacial score (nSPS) is 24.1. The SMILES string of the molecule is CC1(C)CC2=CCC(=O)C2=C([Si](C)(C)C)O1. The lowest BCUT2D eigenvalue weighted by molar-refractivity contribution is -0.114. The van der Waals surface area contributed by atoms with Gasteiger partial charge in [-0.1, -0.05) is 25.7 Å². The summed E-state index contributed by atoms with van der Waals surface area (Å²) in [5.74, 6) is 0.253. The van der Waals surface area contributed by atoms with Crippen molar-refractivity contribution in [3.8, 4) is 0 Å². The van der Waals surface area contributed by atoms with Crippen molar-refractivity contribution in [2.24, 2.45) is 0 Å². The van der Waals surface area contributed by atoms with Crippen LogP contribution in [0.5, 0.6) is 0 Å². The molecule has 0 aromatic carbocycles. The van der Waals surface area contributed by atoms with Gasteiger partial charge in [-0.15, -0.1) is 0 Å². The first-order valence-electron chi connectivity index (χ1n) is 5.87. The van der Waals surface area contributed by atoms with Crippen molar-refractivity contribution in [3.05, 3.63) is 22.6 Å². The molecule has 1 aliphatic carbocycles. The monoisotopic (exact) mass is 236 g/mol. The fourth-order valence-electron chi connectivity index (χ4n) is 2.38. The summed E-state index contributed by atoms with van der Waals surface area (Å²) >= 11 is 0. The number of ketones is 1. The minimum Gasteiger partial charge on any atom is -0.496 e. The molecule has 0 aromatic heterocycles. The summed E-state index contributed by atoms with van der Waals surface area (Å²) in [6.07, 6.45) is 3.52. The molecule has 0 unspecified atom stereocenters. The van der Waals surface area contributed by atoms with E-state index in [1.165, 1.54) is 5.57 Å². The average Bonchev–Trinajstić information content (AvgIpc) is 2.42. The summed E-state index contributed by atoms with van der Waals surface area (Å²) in [6.45, 7) is 10.9. The molecule has 1 heterocycles. The van der Waals surface area contributed by atoms with Crippen LogP contribution in [0.3, 0.4) is 0 Å². The van der Waals surface area contributed by atoms with E-state index >= 15 is 0 Å². The molecule has 0 N–H and O–H groups in total. The van der Waals surface area contributed by atoms with Gasteiger partial charge in [-0.3, -0.25) is 4.79 Å². The number of allylic oxidation sites excluding steroid dienone is 2. The van der Waals surface area contributed by atoms with Crippen LogP contribution < -0.4 is 0 Å². The molecule has 88 valence electrons. The highest BCUT2D eigenvalue weighted by Gasteiger charge is 2.41. The van der Waals surface area contributed by atoms with Crippen LogP contribution in [0.25, 0.3) is 0 Å². The maximum Gasteiger partial charge on any atom is 0.169 e. The van der Waals surface area contributed by atoms with Crippen molar-refractivity contribution >= 4 is 13.9 Å². The lowest BCUT2D eigenvalue weighted by Gasteiger charge is -2.38. The predicted molar refractivity (Wildman–Crippen MR) is 67.9 cm³/mol. The van der Waals surface area contributed by atoms with Crippen molar-refractivity contribution in [1.29, 1.82) is 0 Å². The zero-order valence-corrected chi connectivity index (χ0v) is 11.8. The van der Waals surface area contributed by atoms with Crippen molar-refractivity contribution in [3.63, 3.8) is 0 Å². The van der Waals surface area contributed by atoms with Gasteiger partial charge in [-0.05, 0) is 19.4 Å². The standard InChI is InChI=1S/C13H20O2Si/c1-13(2)8-9-6-7-10(14)11(9)12(15-13)16(3,4)5/h6H,7-8H2,1-5H3. The number of carbonyl (C=O) groups is 1. The number of hydrogen-bond acceptors (Lipinski definition) is 2. The van der Waals surface area contributed by atoms with Crippen LogP contribution in [-0.2, 0) is 9.53 Å². The lowest BCUT2D eigenvalue weighted by Crippen LogP contribution is -2.39. The molecule has 0 radical (unpaired) electrons. The smallest absolute Gasteiger partial charge is 0.169 e. The van der Waals surface area contributed by atoms with Gasteiger partial charge in [0.15, 0.2) is 5.78 Å². The van der Waals surface area contributed by atoms with Gasteiger partial charge in [-0.2, -0.15) is 0 Å². The van der Waals surface area contributed by atoms with Crippen molar-refractivity contribution < 1.29 is 9.53 Å². The van der Waals surface area contributed by atoms with E-state index in [1.54, 1.807) is 0 Å². The molecule has 0 saturated heterocycles. The largest absolute Gasteiger partial charge is 0.496 e. The third kappa shape index (κ3) is 1.88. The number of fused-ring (bicyclic) bond motifs is 1. The van der Waals surface area contributed by atoms with Gasteiger partial charge in [0.05, 0.1) is 11.0 Å². The molecule has 2 nitrogen and oxygen atoms in total. The van der Waals surface area contributed by atoms with E-state index < -0.39 is 8.07 Å². The van der Waals surface area contributed by atoms with Crippen LogP contribution >= 0.6 is 0 Å². The molecule has 3 heteroatoms. The second-order valence-electron chi connectivity index (χ2n) is 6.35. The molecule has 0 atom stereocenters. The highest BCUT2D eigenvalue weighted by atomic mass is 28.3. The zero-order valence-electron chi connectivity index (χ0n) is 10.8. The van der Waals surface area contributed by atoms with Gasteiger partial charge in [0.25, 0.3) is 0 Å². The van der Waals surface area contributed by atoms with Gasteiger partial charge in [0.2, 0.25) is 0 Å². The second kappa shape index (κ2) is 3.33. The Hall–Kier alpha value is -0.833. The number of ether oxygens (including phenoxy) is 1. The number of hydrogen-bond donors (Lipinski definition) is 0. The van der Waals surface area contributed by atoms with E-state index in [0.717, 1.165) is 17.4 Å². The predicted octanol–water partition coefficient (Wildman–Crippen LogP) is 3.22. The number of Topliss-reactive ketones (excluding diaryl/α,β-unsaturated/α-hetero) is 1. The average molecular weight is 236 g/mol. The molecule has 0 spiro atoms. The van der Waals surface area contributed by atoms with Gasteiger partial charge in [0, 0.05) is 12.8 Å². The van der Waals surface area contributed by atoms with Crippen LogP contribution in [0.2, 0.25) is 19.6 Å². The minimum absolute atomic E-state index is 0.157. The quantitative estimate of drug-likeness (QED) is 0.653. The van der Waals surface area contributed by atoms with E-state index in [9.17, 15) is 4.79 Å². The van der Waals surface area contributed by atoms with E-state index in [2.05, 4.69) is 39.6 Å². The molecule has 0 bridgehead atoms. The summed E-state index contributed by atoms with van der Waals surface area (Å²) in [7, 11) is -1.58. The van der Waals surface area contributed by atoms with Crippen LogP contribution in [0.4, 0.5) is 0 Å². The van der Waals surface area contributed by atoms with E-state index in [1.807, 2.05) is 0 Å². The fraction of sp³-hybridized carbons (Fsp3) is 0.615. The number of carbonyl (C=O) groups excluding carboxylic acids is 1. The Balaban J connectivity index is 2.56. The fourth-order valence-corrected chi connectivity index (χ4v) is 4.01. The zero-order chi connectivity index (χ0) is 12.1. The number of rotatable bonds is 1. The first-order chi connectivity index (χ1) is 7.21. The maximum absolute atomic E-state index is 11.9. The molecule has 1 aliphatic heterocycles.